The maximum atomic E-state index is 13.3. The lowest BCUT2D eigenvalue weighted by Gasteiger charge is -2.35. The zero-order valence-electron chi connectivity index (χ0n) is 19.6. The molecule has 7 nitrogen and oxygen atoms in total. The summed E-state index contributed by atoms with van der Waals surface area (Å²) in [6.07, 6.45) is 5.34. The molecule has 2 aromatic carbocycles. The fourth-order valence-electron chi connectivity index (χ4n) is 5.06. The van der Waals surface area contributed by atoms with Crippen LogP contribution in [0.2, 0.25) is 0 Å². The van der Waals surface area contributed by atoms with Crippen molar-refractivity contribution in [1.82, 2.24) is 23.6 Å². The van der Waals surface area contributed by atoms with Gasteiger partial charge in [-0.2, -0.15) is 0 Å². The average Bonchev–Trinajstić information content (AvgIpc) is 3.19. The second-order valence-corrected chi connectivity index (χ2v) is 9.40. The molecule has 0 amide bonds. The lowest BCUT2D eigenvalue weighted by molar-refractivity contribution is 0.103. The van der Waals surface area contributed by atoms with Crippen LogP contribution in [0.3, 0.4) is 0 Å². The van der Waals surface area contributed by atoms with Gasteiger partial charge in [0.1, 0.15) is 0 Å². The van der Waals surface area contributed by atoms with E-state index in [-0.39, 0.29) is 5.56 Å². The van der Waals surface area contributed by atoms with Crippen molar-refractivity contribution in [2.24, 2.45) is 0 Å². The van der Waals surface area contributed by atoms with Crippen LogP contribution in [-0.2, 0) is 24.4 Å². The number of ether oxygens (including phenoxy) is 1. The Balaban J connectivity index is 1.54. The van der Waals surface area contributed by atoms with Crippen molar-refractivity contribution in [3.05, 3.63) is 75.3 Å². The van der Waals surface area contributed by atoms with Crippen LogP contribution in [0.5, 0.6) is 0 Å². The first-order chi connectivity index (χ1) is 16.7. The molecule has 8 heteroatoms. The summed E-state index contributed by atoms with van der Waals surface area (Å²) in [6, 6.07) is 18.8. The van der Waals surface area contributed by atoms with E-state index in [0.717, 1.165) is 24.9 Å². The van der Waals surface area contributed by atoms with Gasteiger partial charge in [0.2, 0.25) is 10.5 Å². The van der Waals surface area contributed by atoms with E-state index in [1.807, 2.05) is 33.3 Å². The number of para-hydroxylation sites is 1. The maximum absolute atomic E-state index is 13.3. The molecule has 1 unspecified atom stereocenters. The van der Waals surface area contributed by atoms with Crippen LogP contribution in [0.25, 0.3) is 16.7 Å². The molecule has 0 saturated carbocycles. The van der Waals surface area contributed by atoms with E-state index in [1.165, 1.54) is 24.8 Å². The number of aromatic nitrogens is 4. The lowest BCUT2D eigenvalue weighted by atomic mass is 9.96. The van der Waals surface area contributed by atoms with Crippen LogP contribution in [0.1, 0.15) is 31.2 Å². The first-order valence-corrected chi connectivity index (χ1v) is 12.5. The standard InChI is InChI=1S/C26H31N5O2S/c1-33-17-9-16-29-24(32)22-13-5-6-14-23(22)31-25(29)27-30(26(31)34)19-28-15-8-7-12-21(28)18-20-10-3-2-4-11-20/h2-6,10-11,13-14,21H,7-9,12,15-19H2,1H3. The number of nitrogens with zero attached hydrogens (tertiary/aromatic N) is 5. The third-order valence-corrected chi connectivity index (χ3v) is 7.19. The summed E-state index contributed by atoms with van der Waals surface area (Å²) < 4.78 is 11.4. The average molecular weight is 478 g/mol. The highest BCUT2D eigenvalue weighted by Crippen LogP contribution is 2.22. The molecule has 2 aromatic heterocycles. The molecule has 1 aliphatic rings. The molecule has 0 bridgehead atoms. The fourth-order valence-corrected chi connectivity index (χ4v) is 5.34. The second-order valence-electron chi connectivity index (χ2n) is 9.03. The largest absolute Gasteiger partial charge is 0.385 e. The molecule has 3 heterocycles. The molecule has 0 spiro atoms. The van der Waals surface area contributed by atoms with E-state index >= 15 is 0 Å². The van der Waals surface area contributed by atoms with Gasteiger partial charge < -0.3 is 4.74 Å². The Bertz CT molecular complexity index is 1390. The van der Waals surface area contributed by atoms with Crippen LogP contribution in [-0.4, -0.2) is 50.0 Å². The van der Waals surface area contributed by atoms with Crippen molar-refractivity contribution in [3.63, 3.8) is 0 Å². The van der Waals surface area contributed by atoms with E-state index in [2.05, 4.69) is 35.2 Å². The van der Waals surface area contributed by atoms with Gasteiger partial charge in [-0.3, -0.25) is 18.7 Å². The molecule has 1 atom stereocenters. The molecular weight excluding hydrogens is 446 g/mol. The van der Waals surface area contributed by atoms with Crippen molar-refractivity contribution in [2.75, 3.05) is 20.3 Å². The van der Waals surface area contributed by atoms with Crippen molar-refractivity contribution in [2.45, 2.75) is 51.4 Å². The summed E-state index contributed by atoms with van der Waals surface area (Å²) in [6.45, 7) is 2.77. The quantitative estimate of drug-likeness (QED) is 0.280. The summed E-state index contributed by atoms with van der Waals surface area (Å²) in [4.78, 5) is 15.8. The summed E-state index contributed by atoms with van der Waals surface area (Å²) in [5.41, 5.74) is 2.13. The molecular formula is C26H31N5O2S. The monoisotopic (exact) mass is 477 g/mol. The lowest BCUT2D eigenvalue weighted by Crippen LogP contribution is -2.42. The number of hydrogen-bond donors (Lipinski definition) is 0. The minimum atomic E-state index is -0.0359. The Hall–Kier alpha value is -2.81. The Morgan fingerprint density at radius 2 is 1.88 bits per heavy atom. The zero-order valence-corrected chi connectivity index (χ0v) is 20.4. The third kappa shape index (κ3) is 4.45. The Morgan fingerprint density at radius 3 is 2.71 bits per heavy atom. The molecule has 0 aliphatic carbocycles. The summed E-state index contributed by atoms with van der Waals surface area (Å²) in [5.74, 6) is 0.599. The predicted octanol–water partition coefficient (Wildman–Crippen LogP) is 4.27. The van der Waals surface area contributed by atoms with Gasteiger partial charge in [-0.25, -0.2) is 4.68 Å². The fraction of sp³-hybridized carbons (Fsp3) is 0.423. The molecule has 4 aromatic rings. The smallest absolute Gasteiger partial charge is 0.262 e. The molecule has 34 heavy (non-hydrogen) atoms. The topological polar surface area (TPSA) is 56.7 Å². The van der Waals surface area contributed by atoms with Crippen LogP contribution < -0.4 is 5.56 Å². The number of fused-ring (bicyclic) bond motifs is 3. The van der Waals surface area contributed by atoms with E-state index < -0.39 is 0 Å². The number of piperidine rings is 1. The Kier molecular flexibility index (Phi) is 6.89. The molecule has 0 N–H and O–H groups in total. The van der Waals surface area contributed by atoms with Crippen molar-refractivity contribution < 1.29 is 4.74 Å². The van der Waals surface area contributed by atoms with Gasteiger partial charge in [-0.1, -0.05) is 48.9 Å². The number of likely N-dealkylation sites (tertiary alicyclic amines) is 1. The minimum absolute atomic E-state index is 0.0359. The third-order valence-electron chi connectivity index (χ3n) is 6.79. The second kappa shape index (κ2) is 10.2. The normalized spacial score (nSPS) is 17.0. The van der Waals surface area contributed by atoms with Crippen LogP contribution >= 0.6 is 12.2 Å². The highest BCUT2D eigenvalue weighted by Gasteiger charge is 2.24. The van der Waals surface area contributed by atoms with Gasteiger partial charge in [-0.15, -0.1) is 5.10 Å². The van der Waals surface area contributed by atoms with E-state index in [9.17, 15) is 4.79 Å². The van der Waals surface area contributed by atoms with Gasteiger partial charge in [0.25, 0.3) is 5.56 Å². The zero-order chi connectivity index (χ0) is 23.5. The Morgan fingerprint density at radius 1 is 1.09 bits per heavy atom. The summed E-state index contributed by atoms with van der Waals surface area (Å²) >= 11 is 5.93. The van der Waals surface area contributed by atoms with E-state index in [1.54, 1.807) is 11.7 Å². The molecule has 0 radical (unpaired) electrons. The number of methoxy groups -OCH3 is 1. The van der Waals surface area contributed by atoms with Gasteiger partial charge in [0.05, 0.1) is 17.6 Å². The molecule has 1 fully saturated rings. The van der Waals surface area contributed by atoms with Crippen LogP contribution in [0.15, 0.2) is 59.4 Å². The van der Waals surface area contributed by atoms with Gasteiger partial charge >= 0.3 is 0 Å². The molecule has 1 aliphatic heterocycles. The predicted molar refractivity (Wildman–Crippen MR) is 137 cm³/mol. The van der Waals surface area contributed by atoms with Crippen molar-refractivity contribution in [1.29, 1.82) is 0 Å². The highest BCUT2D eigenvalue weighted by atomic mass is 32.1. The first kappa shape index (κ1) is 23.0. The maximum Gasteiger partial charge on any atom is 0.262 e. The van der Waals surface area contributed by atoms with Crippen molar-refractivity contribution in [3.8, 4) is 0 Å². The SMILES string of the molecule is COCCCn1c(=O)c2ccccc2n2c(=S)n(CN3CCCCC3Cc3ccccc3)nc12. The molecule has 178 valence electrons. The van der Waals surface area contributed by atoms with Gasteiger partial charge in [-0.05, 0) is 55.6 Å². The number of benzene rings is 2. The summed E-state index contributed by atoms with van der Waals surface area (Å²) in [5, 5.41) is 5.55. The summed E-state index contributed by atoms with van der Waals surface area (Å²) in [7, 11) is 1.67. The van der Waals surface area contributed by atoms with E-state index in [4.69, 9.17) is 22.1 Å². The molecule has 1 saturated heterocycles. The highest BCUT2D eigenvalue weighted by molar-refractivity contribution is 7.71. The number of rotatable bonds is 8. The number of aryl methyl sites for hydroxylation is 1. The first-order valence-electron chi connectivity index (χ1n) is 12.1. The van der Waals surface area contributed by atoms with Crippen molar-refractivity contribution >= 4 is 28.9 Å². The van der Waals surface area contributed by atoms with Crippen LogP contribution in [0.4, 0.5) is 0 Å². The Labute approximate surface area is 204 Å². The molecule has 5 rings (SSSR count). The van der Waals surface area contributed by atoms with E-state index in [0.29, 0.717) is 41.8 Å². The number of hydrogen-bond acceptors (Lipinski definition) is 5. The minimum Gasteiger partial charge on any atom is -0.385 e. The van der Waals surface area contributed by atoms with Crippen LogP contribution in [0, 0.1) is 4.77 Å². The van der Waals surface area contributed by atoms with Gasteiger partial charge in [0, 0.05) is 32.8 Å². The van der Waals surface area contributed by atoms with Gasteiger partial charge in [0.15, 0.2) is 0 Å².